The van der Waals surface area contributed by atoms with Crippen molar-refractivity contribution in [2.24, 2.45) is 0 Å². The predicted octanol–water partition coefficient (Wildman–Crippen LogP) is 3.98. The summed E-state index contributed by atoms with van der Waals surface area (Å²) in [6, 6.07) is 12.7. The van der Waals surface area contributed by atoms with Gasteiger partial charge in [-0.1, -0.05) is 18.2 Å². The van der Waals surface area contributed by atoms with Crippen molar-refractivity contribution in [3.8, 4) is 17.2 Å². The fourth-order valence-corrected chi connectivity index (χ4v) is 3.48. The minimum atomic E-state index is -0.584. The van der Waals surface area contributed by atoms with Crippen LogP contribution in [0.3, 0.4) is 0 Å². The third-order valence-corrected chi connectivity index (χ3v) is 5.27. The smallest absolute Gasteiger partial charge is 0.242 e. The molecule has 0 saturated heterocycles. The Balaban J connectivity index is 2.16. The fraction of sp³-hybridized carbons (Fsp3) is 0.462. The Morgan fingerprint density at radius 1 is 0.939 bits per heavy atom. The van der Waals surface area contributed by atoms with Crippen LogP contribution in [0.2, 0.25) is 0 Å². The zero-order valence-corrected chi connectivity index (χ0v) is 20.3. The molecular weight excluding hydrogens is 420 g/mol. The lowest BCUT2D eigenvalue weighted by Crippen LogP contribution is -2.47. The quantitative estimate of drug-likeness (QED) is 0.493. The van der Waals surface area contributed by atoms with Crippen LogP contribution in [0, 0.1) is 0 Å². The first kappa shape index (κ1) is 26.0. The van der Waals surface area contributed by atoms with Gasteiger partial charge < -0.3 is 24.4 Å². The van der Waals surface area contributed by atoms with Crippen LogP contribution in [0.4, 0.5) is 0 Å². The molecule has 1 atom stereocenters. The number of methoxy groups -OCH3 is 1. The van der Waals surface area contributed by atoms with Gasteiger partial charge in [-0.15, -0.1) is 0 Å². The summed E-state index contributed by atoms with van der Waals surface area (Å²) in [6.45, 7) is 9.41. The molecule has 2 rings (SSSR count). The highest BCUT2D eigenvalue weighted by atomic mass is 16.5. The van der Waals surface area contributed by atoms with E-state index in [1.165, 1.54) is 0 Å². The molecule has 2 aromatic carbocycles. The van der Waals surface area contributed by atoms with Gasteiger partial charge in [0.05, 0.1) is 20.3 Å². The number of amides is 2. The molecule has 0 aromatic heterocycles. The van der Waals surface area contributed by atoms with Gasteiger partial charge in [-0.05, 0) is 69.5 Å². The number of nitrogens with zero attached hydrogens (tertiary/aromatic N) is 1. The maximum Gasteiger partial charge on any atom is 0.242 e. The number of nitrogens with one attached hydrogen (secondary N) is 1. The summed E-state index contributed by atoms with van der Waals surface area (Å²) in [7, 11) is 1.61. The summed E-state index contributed by atoms with van der Waals surface area (Å²) < 4.78 is 16.5. The van der Waals surface area contributed by atoms with Crippen molar-refractivity contribution in [2.75, 3.05) is 26.9 Å². The minimum absolute atomic E-state index is 0.0867. The molecule has 2 aromatic rings. The predicted molar refractivity (Wildman–Crippen MR) is 129 cm³/mol. The van der Waals surface area contributed by atoms with Crippen LogP contribution in [-0.4, -0.2) is 49.6 Å². The topological polar surface area (TPSA) is 77.1 Å². The molecule has 0 saturated carbocycles. The van der Waals surface area contributed by atoms with Crippen molar-refractivity contribution in [1.29, 1.82) is 0 Å². The number of likely N-dealkylation sites (N-methyl/N-ethyl adjacent to an activating group) is 1. The van der Waals surface area contributed by atoms with E-state index in [1.54, 1.807) is 18.9 Å². The summed E-state index contributed by atoms with van der Waals surface area (Å²) in [5.74, 6) is 1.86. The van der Waals surface area contributed by atoms with Crippen LogP contribution in [0.1, 0.15) is 45.2 Å². The molecule has 0 spiro atoms. The Kier molecular flexibility index (Phi) is 10.5. The maximum atomic E-state index is 13.2. The first-order valence-electron chi connectivity index (χ1n) is 11.5. The molecule has 1 N–H and O–H groups in total. The summed E-state index contributed by atoms with van der Waals surface area (Å²) in [4.78, 5) is 27.4. The molecule has 33 heavy (non-hydrogen) atoms. The molecule has 180 valence electrons. The molecule has 7 nitrogen and oxygen atoms in total. The normalized spacial score (nSPS) is 11.4. The summed E-state index contributed by atoms with van der Waals surface area (Å²) in [5.41, 5.74) is 1.91. The number of carbonyl (C=O) groups is 2. The van der Waals surface area contributed by atoms with E-state index in [0.29, 0.717) is 44.2 Å². The van der Waals surface area contributed by atoms with Crippen molar-refractivity contribution >= 4 is 11.8 Å². The fourth-order valence-electron chi connectivity index (χ4n) is 3.48. The first-order chi connectivity index (χ1) is 15.9. The third-order valence-electron chi connectivity index (χ3n) is 5.27. The van der Waals surface area contributed by atoms with Crippen LogP contribution in [0.25, 0.3) is 0 Å². The van der Waals surface area contributed by atoms with E-state index < -0.39 is 6.04 Å². The van der Waals surface area contributed by atoms with E-state index in [2.05, 4.69) is 5.32 Å². The van der Waals surface area contributed by atoms with Crippen molar-refractivity contribution in [3.05, 3.63) is 53.6 Å². The molecule has 0 aliphatic rings. The lowest BCUT2D eigenvalue weighted by Gasteiger charge is -2.29. The third kappa shape index (κ3) is 7.70. The first-order valence-corrected chi connectivity index (χ1v) is 11.5. The van der Waals surface area contributed by atoms with Gasteiger partial charge in [-0.3, -0.25) is 9.59 Å². The van der Waals surface area contributed by atoms with Crippen molar-refractivity contribution in [2.45, 2.75) is 53.1 Å². The van der Waals surface area contributed by atoms with Crippen LogP contribution in [0.15, 0.2) is 42.5 Å². The lowest BCUT2D eigenvalue weighted by atomic mass is 10.1. The molecular formula is C26H36N2O5. The second kappa shape index (κ2) is 13.4. The van der Waals surface area contributed by atoms with Crippen LogP contribution < -0.4 is 19.5 Å². The number of hydrogen-bond donors (Lipinski definition) is 1. The van der Waals surface area contributed by atoms with E-state index in [-0.39, 0.29) is 18.2 Å². The number of ether oxygens (including phenoxy) is 3. The van der Waals surface area contributed by atoms with Gasteiger partial charge in [0.2, 0.25) is 11.8 Å². The molecule has 0 fully saturated rings. The number of rotatable bonds is 13. The Morgan fingerprint density at radius 2 is 1.58 bits per heavy atom. The summed E-state index contributed by atoms with van der Waals surface area (Å²) >= 11 is 0. The zero-order chi connectivity index (χ0) is 24.2. The van der Waals surface area contributed by atoms with Gasteiger partial charge in [-0.2, -0.15) is 0 Å². The van der Waals surface area contributed by atoms with Gasteiger partial charge in [-0.25, -0.2) is 0 Å². The highest BCUT2D eigenvalue weighted by molar-refractivity contribution is 5.87. The lowest BCUT2D eigenvalue weighted by molar-refractivity contribution is -0.140. The van der Waals surface area contributed by atoms with E-state index in [4.69, 9.17) is 14.2 Å². The highest BCUT2D eigenvalue weighted by Crippen LogP contribution is 2.29. The Morgan fingerprint density at radius 3 is 2.18 bits per heavy atom. The second-order valence-corrected chi connectivity index (χ2v) is 7.59. The molecule has 0 heterocycles. The standard InChI is InChI=1S/C26H36N2O5/c1-6-27-26(30)19(4)28(18-21-9-13-22(31-5)14-10-21)25(29)16-12-20-11-15-23(32-7-2)24(17-20)33-8-3/h9-11,13-15,17,19H,6-8,12,16,18H2,1-5H3,(H,27,30)/t19-/m1/s1. The van der Waals surface area contributed by atoms with Gasteiger partial charge in [0.1, 0.15) is 11.8 Å². The minimum Gasteiger partial charge on any atom is -0.497 e. The SMILES string of the molecule is CCNC(=O)[C@@H](C)N(Cc1ccc(OC)cc1)C(=O)CCc1ccc(OCC)c(OCC)c1. The largest absolute Gasteiger partial charge is 0.497 e. The number of benzene rings is 2. The van der Waals surface area contributed by atoms with Crippen molar-refractivity contribution in [1.82, 2.24) is 10.2 Å². The van der Waals surface area contributed by atoms with Gasteiger partial charge in [0, 0.05) is 19.5 Å². The Bertz CT molecular complexity index is 898. The van der Waals surface area contributed by atoms with Crippen LogP contribution in [0.5, 0.6) is 17.2 Å². The van der Waals surface area contributed by atoms with Gasteiger partial charge in [0.25, 0.3) is 0 Å². The average Bonchev–Trinajstić information content (AvgIpc) is 2.82. The summed E-state index contributed by atoms with van der Waals surface area (Å²) in [6.07, 6.45) is 0.811. The number of carbonyl (C=O) groups excluding carboxylic acids is 2. The number of aryl methyl sites for hydroxylation is 1. The van der Waals surface area contributed by atoms with Crippen LogP contribution in [-0.2, 0) is 22.6 Å². The van der Waals surface area contributed by atoms with E-state index in [9.17, 15) is 9.59 Å². The molecule has 0 bridgehead atoms. The van der Waals surface area contributed by atoms with Crippen LogP contribution >= 0.6 is 0 Å². The maximum absolute atomic E-state index is 13.2. The Labute approximate surface area is 197 Å². The monoisotopic (exact) mass is 456 g/mol. The number of hydrogen-bond acceptors (Lipinski definition) is 5. The highest BCUT2D eigenvalue weighted by Gasteiger charge is 2.25. The van der Waals surface area contributed by atoms with Gasteiger partial charge >= 0.3 is 0 Å². The van der Waals surface area contributed by atoms with E-state index in [1.807, 2.05) is 63.2 Å². The van der Waals surface area contributed by atoms with Gasteiger partial charge in [0.15, 0.2) is 11.5 Å². The van der Waals surface area contributed by atoms with E-state index >= 15 is 0 Å². The van der Waals surface area contributed by atoms with Crippen molar-refractivity contribution < 1.29 is 23.8 Å². The van der Waals surface area contributed by atoms with Crippen molar-refractivity contribution in [3.63, 3.8) is 0 Å². The zero-order valence-electron chi connectivity index (χ0n) is 20.3. The molecule has 2 amide bonds. The van der Waals surface area contributed by atoms with E-state index in [0.717, 1.165) is 16.9 Å². The second-order valence-electron chi connectivity index (χ2n) is 7.59. The molecule has 0 radical (unpaired) electrons. The molecule has 0 aliphatic carbocycles. The summed E-state index contributed by atoms with van der Waals surface area (Å²) in [5, 5.41) is 2.81. The average molecular weight is 457 g/mol. The molecule has 0 unspecified atom stereocenters. The Hall–Kier alpha value is -3.22. The molecule has 0 aliphatic heterocycles. The molecule has 7 heteroatoms.